The zero-order valence-electron chi connectivity index (χ0n) is 5.88. The van der Waals surface area contributed by atoms with Gasteiger partial charge in [0.15, 0.2) is 0 Å². The predicted octanol–water partition coefficient (Wildman–Crippen LogP) is 0.476. The van der Waals surface area contributed by atoms with Crippen LogP contribution in [-0.4, -0.2) is 9.66 Å². The standard InChI is InChI=1S/C7H11N3/c8-10-5-9-6-3-1-2-4-7(6)10/h5H,1-4,8H2. The molecule has 1 aliphatic carbocycles. The number of nitrogen functional groups attached to an aromatic ring is 1. The average Bonchev–Trinajstić information content (AvgIpc) is 2.34. The minimum atomic E-state index is 1.10. The maximum absolute atomic E-state index is 5.62. The van der Waals surface area contributed by atoms with E-state index in [9.17, 15) is 0 Å². The third kappa shape index (κ3) is 0.701. The van der Waals surface area contributed by atoms with Crippen molar-refractivity contribution in [3.8, 4) is 0 Å². The first-order valence-corrected chi connectivity index (χ1v) is 3.68. The maximum atomic E-state index is 5.62. The normalized spacial score (nSPS) is 16.8. The summed E-state index contributed by atoms with van der Waals surface area (Å²) in [4.78, 5) is 4.19. The zero-order valence-corrected chi connectivity index (χ0v) is 5.88. The number of aryl methyl sites for hydroxylation is 1. The van der Waals surface area contributed by atoms with E-state index in [1.54, 1.807) is 11.0 Å². The van der Waals surface area contributed by atoms with Gasteiger partial charge in [0.05, 0.1) is 11.4 Å². The van der Waals surface area contributed by atoms with Gasteiger partial charge in [-0.05, 0) is 25.7 Å². The van der Waals surface area contributed by atoms with Crippen LogP contribution in [0.5, 0.6) is 0 Å². The third-order valence-corrected chi connectivity index (χ3v) is 2.06. The second kappa shape index (κ2) is 2.01. The van der Waals surface area contributed by atoms with Crippen LogP contribution in [0.1, 0.15) is 24.2 Å². The number of aromatic nitrogens is 2. The quantitative estimate of drug-likeness (QED) is 0.528. The molecule has 2 N–H and O–H groups in total. The Morgan fingerprint density at radius 3 is 3.00 bits per heavy atom. The van der Waals surface area contributed by atoms with Crippen LogP contribution in [0.4, 0.5) is 0 Å². The van der Waals surface area contributed by atoms with Crippen molar-refractivity contribution < 1.29 is 0 Å². The summed E-state index contributed by atoms with van der Waals surface area (Å²) in [7, 11) is 0. The van der Waals surface area contributed by atoms with Crippen LogP contribution in [-0.2, 0) is 12.8 Å². The number of nitrogens with zero attached hydrogens (tertiary/aromatic N) is 2. The van der Waals surface area contributed by atoms with Gasteiger partial charge in [0.25, 0.3) is 0 Å². The molecular weight excluding hydrogens is 126 g/mol. The molecule has 0 radical (unpaired) electrons. The van der Waals surface area contributed by atoms with Crippen LogP contribution in [0, 0.1) is 0 Å². The molecule has 0 spiro atoms. The van der Waals surface area contributed by atoms with E-state index in [0.29, 0.717) is 0 Å². The Hall–Kier alpha value is -0.990. The lowest BCUT2D eigenvalue weighted by Crippen LogP contribution is -2.14. The number of hydrogen-bond donors (Lipinski definition) is 1. The van der Waals surface area contributed by atoms with Gasteiger partial charge in [-0.15, -0.1) is 0 Å². The van der Waals surface area contributed by atoms with Gasteiger partial charge in [-0.3, -0.25) is 4.68 Å². The Morgan fingerprint density at radius 2 is 2.20 bits per heavy atom. The van der Waals surface area contributed by atoms with Gasteiger partial charge in [0, 0.05) is 0 Å². The number of hydrogen-bond acceptors (Lipinski definition) is 2. The topological polar surface area (TPSA) is 43.8 Å². The van der Waals surface area contributed by atoms with Gasteiger partial charge in [0.1, 0.15) is 6.33 Å². The minimum absolute atomic E-state index is 1.10. The van der Waals surface area contributed by atoms with Gasteiger partial charge in [-0.1, -0.05) is 0 Å². The van der Waals surface area contributed by atoms with Crippen molar-refractivity contribution in [3.05, 3.63) is 17.7 Å². The van der Waals surface area contributed by atoms with Crippen molar-refractivity contribution in [1.82, 2.24) is 9.66 Å². The lowest BCUT2D eigenvalue weighted by molar-refractivity contribution is 0.651. The number of rotatable bonds is 0. The van der Waals surface area contributed by atoms with Crippen molar-refractivity contribution in [3.63, 3.8) is 0 Å². The summed E-state index contributed by atoms with van der Waals surface area (Å²) in [6.45, 7) is 0. The molecule has 54 valence electrons. The molecular formula is C7H11N3. The molecule has 0 aliphatic heterocycles. The molecule has 3 heteroatoms. The molecule has 0 bridgehead atoms. The molecule has 2 rings (SSSR count). The summed E-state index contributed by atoms with van der Waals surface area (Å²) in [6, 6.07) is 0. The highest BCUT2D eigenvalue weighted by Gasteiger charge is 2.12. The van der Waals surface area contributed by atoms with Crippen LogP contribution in [0.2, 0.25) is 0 Å². The smallest absolute Gasteiger partial charge is 0.114 e. The molecule has 0 saturated carbocycles. The highest BCUT2D eigenvalue weighted by molar-refractivity contribution is 5.15. The van der Waals surface area contributed by atoms with Gasteiger partial charge < -0.3 is 5.84 Å². The van der Waals surface area contributed by atoms with E-state index >= 15 is 0 Å². The average molecular weight is 137 g/mol. The molecule has 1 aliphatic rings. The van der Waals surface area contributed by atoms with E-state index in [1.165, 1.54) is 24.2 Å². The van der Waals surface area contributed by atoms with E-state index in [0.717, 1.165) is 12.8 Å². The Kier molecular flexibility index (Phi) is 1.16. The predicted molar refractivity (Wildman–Crippen MR) is 39.0 cm³/mol. The van der Waals surface area contributed by atoms with Crippen LogP contribution in [0.25, 0.3) is 0 Å². The molecule has 0 atom stereocenters. The lowest BCUT2D eigenvalue weighted by atomic mass is 10.0. The summed E-state index contributed by atoms with van der Waals surface area (Å²) in [5.74, 6) is 5.62. The fourth-order valence-electron chi connectivity index (χ4n) is 1.49. The summed E-state index contributed by atoms with van der Waals surface area (Å²) in [6.07, 6.45) is 6.45. The summed E-state index contributed by atoms with van der Waals surface area (Å²) in [5.41, 5.74) is 2.43. The second-order valence-electron chi connectivity index (χ2n) is 2.75. The van der Waals surface area contributed by atoms with Crippen LogP contribution in [0.15, 0.2) is 6.33 Å². The highest BCUT2D eigenvalue weighted by atomic mass is 15.3. The molecule has 0 unspecified atom stereocenters. The van der Waals surface area contributed by atoms with Crippen molar-refractivity contribution in [2.24, 2.45) is 0 Å². The fourth-order valence-corrected chi connectivity index (χ4v) is 1.49. The number of imidazole rings is 1. The molecule has 0 amide bonds. The third-order valence-electron chi connectivity index (χ3n) is 2.06. The van der Waals surface area contributed by atoms with E-state index in [4.69, 9.17) is 5.84 Å². The Bertz CT molecular complexity index is 239. The van der Waals surface area contributed by atoms with E-state index in [-0.39, 0.29) is 0 Å². The van der Waals surface area contributed by atoms with Gasteiger partial charge in [-0.25, -0.2) is 4.98 Å². The molecule has 0 aromatic carbocycles. The second-order valence-corrected chi connectivity index (χ2v) is 2.75. The van der Waals surface area contributed by atoms with Crippen LogP contribution < -0.4 is 5.84 Å². The monoisotopic (exact) mass is 137 g/mol. The number of nitrogens with two attached hydrogens (primary N) is 1. The van der Waals surface area contributed by atoms with Crippen molar-refractivity contribution in [1.29, 1.82) is 0 Å². The molecule has 3 nitrogen and oxygen atoms in total. The largest absolute Gasteiger partial charge is 0.338 e. The fraction of sp³-hybridized carbons (Fsp3) is 0.571. The first kappa shape index (κ1) is 5.77. The molecule has 10 heavy (non-hydrogen) atoms. The summed E-state index contributed by atoms with van der Waals surface area (Å²) < 4.78 is 1.65. The van der Waals surface area contributed by atoms with Crippen molar-refractivity contribution in [2.45, 2.75) is 25.7 Å². The zero-order chi connectivity index (χ0) is 6.97. The lowest BCUT2D eigenvalue weighted by Gasteiger charge is -2.10. The van der Waals surface area contributed by atoms with Gasteiger partial charge in [-0.2, -0.15) is 0 Å². The number of fused-ring (bicyclic) bond motifs is 1. The van der Waals surface area contributed by atoms with Crippen LogP contribution in [0.3, 0.4) is 0 Å². The van der Waals surface area contributed by atoms with Gasteiger partial charge in [0.2, 0.25) is 0 Å². The Labute approximate surface area is 59.8 Å². The molecule has 1 aromatic heterocycles. The summed E-state index contributed by atoms with van der Waals surface area (Å²) >= 11 is 0. The SMILES string of the molecule is Nn1cnc2c1CCCC2. The first-order chi connectivity index (χ1) is 4.88. The maximum Gasteiger partial charge on any atom is 0.114 e. The minimum Gasteiger partial charge on any atom is -0.338 e. The van der Waals surface area contributed by atoms with Gasteiger partial charge >= 0.3 is 0 Å². The molecule has 1 aromatic rings. The van der Waals surface area contributed by atoms with E-state index in [1.807, 2.05) is 0 Å². The highest BCUT2D eigenvalue weighted by Crippen LogP contribution is 2.17. The molecule has 1 heterocycles. The van der Waals surface area contributed by atoms with E-state index in [2.05, 4.69) is 4.98 Å². The Balaban J connectivity index is 2.45. The van der Waals surface area contributed by atoms with Crippen molar-refractivity contribution in [2.75, 3.05) is 5.84 Å². The molecule has 0 fully saturated rings. The molecule has 0 saturated heterocycles. The van der Waals surface area contributed by atoms with E-state index < -0.39 is 0 Å². The summed E-state index contributed by atoms with van der Waals surface area (Å²) in [5, 5.41) is 0. The van der Waals surface area contributed by atoms with Crippen molar-refractivity contribution >= 4 is 0 Å². The van der Waals surface area contributed by atoms with Crippen LogP contribution >= 0.6 is 0 Å². The first-order valence-electron chi connectivity index (χ1n) is 3.68. The Morgan fingerprint density at radius 1 is 1.40 bits per heavy atom.